The smallest absolute Gasteiger partial charge is 0.250 e. The molecule has 2 heterocycles. The van der Waals surface area contributed by atoms with E-state index in [9.17, 15) is 9.59 Å². The lowest BCUT2D eigenvalue weighted by molar-refractivity contribution is -0.120. The third kappa shape index (κ3) is 4.70. The lowest BCUT2D eigenvalue weighted by atomic mass is 9.94. The van der Waals surface area contributed by atoms with Crippen LogP contribution in [0.25, 0.3) is 16.5 Å². The summed E-state index contributed by atoms with van der Waals surface area (Å²) < 4.78 is 12.0. The number of aromatic nitrogens is 1. The normalized spacial score (nSPS) is 13.7. The van der Waals surface area contributed by atoms with Crippen molar-refractivity contribution in [1.82, 2.24) is 10.3 Å². The molecule has 1 aromatic carbocycles. The van der Waals surface area contributed by atoms with Gasteiger partial charge in [0.2, 0.25) is 11.8 Å². The molecule has 0 fully saturated rings. The summed E-state index contributed by atoms with van der Waals surface area (Å²) in [7, 11) is 1.58. The molecular formula is C24H27N3O4S. The van der Waals surface area contributed by atoms with Crippen LogP contribution in [0.3, 0.4) is 0 Å². The molecular weight excluding hydrogens is 426 g/mol. The summed E-state index contributed by atoms with van der Waals surface area (Å²) in [5.41, 5.74) is 4.41. The second-order valence-corrected chi connectivity index (χ2v) is 8.66. The Balaban J connectivity index is 1.58. The maximum Gasteiger partial charge on any atom is 0.250 e. The summed E-state index contributed by atoms with van der Waals surface area (Å²) in [6, 6.07) is 4.02. The molecule has 0 spiro atoms. The van der Waals surface area contributed by atoms with E-state index in [0.717, 1.165) is 53.5 Å². The number of anilines is 1. The first-order chi connectivity index (χ1) is 15.5. The van der Waals surface area contributed by atoms with Crippen LogP contribution in [0.4, 0.5) is 5.13 Å². The van der Waals surface area contributed by atoms with E-state index in [1.54, 1.807) is 18.5 Å². The molecule has 168 valence electrons. The van der Waals surface area contributed by atoms with Crippen LogP contribution >= 0.6 is 11.3 Å². The lowest BCUT2D eigenvalue weighted by Gasteiger charge is -2.12. The first-order valence-corrected chi connectivity index (χ1v) is 11.7. The topological polar surface area (TPSA) is 93.5 Å². The van der Waals surface area contributed by atoms with Crippen molar-refractivity contribution < 1.29 is 18.7 Å². The number of nitrogens with zero attached hydrogens (tertiary/aromatic N) is 1. The number of allylic oxidation sites excluding steroid dienone is 1. The number of benzene rings is 1. The molecule has 0 radical (unpaired) electrons. The van der Waals surface area contributed by atoms with Crippen molar-refractivity contribution in [2.75, 3.05) is 19.0 Å². The summed E-state index contributed by atoms with van der Waals surface area (Å²) >= 11 is 1.29. The van der Waals surface area contributed by atoms with Gasteiger partial charge in [-0.25, -0.2) is 4.98 Å². The fraction of sp³-hybridized carbons (Fsp3) is 0.375. The first kappa shape index (κ1) is 22.1. The molecule has 2 amide bonds. The minimum atomic E-state index is -0.278. The van der Waals surface area contributed by atoms with Gasteiger partial charge in [0, 0.05) is 47.5 Å². The van der Waals surface area contributed by atoms with Gasteiger partial charge >= 0.3 is 0 Å². The molecule has 0 saturated heterocycles. The van der Waals surface area contributed by atoms with Crippen molar-refractivity contribution in [3.8, 4) is 5.75 Å². The zero-order valence-electron chi connectivity index (χ0n) is 18.5. The fourth-order valence-electron chi connectivity index (χ4n) is 3.99. The van der Waals surface area contributed by atoms with E-state index in [1.165, 1.54) is 16.9 Å². The van der Waals surface area contributed by atoms with E-state index in [1.807, 2.05) is 19.9 Å². The van der Waals surface area contributed by atoms with E-state index in [-0.39, 0.29) is 18.2 Å². The van der Waals surface area contributed by atoms with Gasteiger partial charge in [0.1, 0.15) is 17.1 Å². The summed E-state index contributed by atoms with van der Waals surface area (Å²) in [6.07, 6.45) is 6.04. The van der Waals surface area contributed by atoms with Gasteiger partial charge in [-0.2, -0.15) is 0 Å². The zero-order valence-corrected chi connectivity index (χ0v) is 19.4. The Morgan fingerprint density at radius 3 is 2.88 bits per heavy atom. The van der Waals surface area contributed by atoms with Crippen LogP contribution in [0.1, 0.15) is 49.3 Å². The van der Waals surface area contributed by atoms with Crippen LogP contribution in [0, 0.1) is 0 Å². The predicted molar refractivity (Wildman–Crippen MR) is 126 cm³/mol. The second kappa shape index (κ2) is 9.56. The highest BCUT2D eigenvalue weighted by molar-refractivity contribution is 7.14. The van der Waals surface area contributed by atoms with E-state index in [2.05, 4.69) is 21.7 Å². The van der Waals surface area contributed by atoms with Gasteiger partial charge in [0.25, 0.3) is 0 Å². The van der Waals surface area contributed by atoms with Gasteiger partial charge in [-0.1, -0.05) is 0 Å². The molecule has 1 aliphatic carbocycles. The van der Waals surface area contributed by atoms with Crippen molar-refractivity contribution in [3.63, 3.8) is 0 Å². The number of nitrogens with one attached hydrogen (secondary N) is 2. The average molecular weight is 454 g/mol. The number of carbonyl (C=O) groups excluding carboxylic acids is 2. The number of hydrogen-bond acceptors (Lipinski definition) is 6. The Bertz CT molecular complexity index is 1190. The summed E-state index contributed by atoms with van der Waals surface area (Å²) in [6.45, 7) is 4.35. The number of ether oxygens (including phenoxy) is 1. The van der Waals surface area contributed by atoms with Gasteiger partial charge in [0.05, 0.1) is 18.7 Å². The third-order valence-electron chi connectivity index (χ3n) is 5.53. The number of likely N-dealkylation sites (N-methyl/N-ethyl adjacent to an activating group) is 1. The van der Waals surface area contributed by atoms with Gasteiger partial charge in [-0.05, 0) is 44.7 Å². The van der Waals surface area contributed by atoms with E-state index in [0.29, 0.717) is 23.2 Å². The highest BCUT2D eigenvalue weighted by Gasteiger charge is 2.20. The van der Waals surface area contributed by atoms with E-state index in [4.69, 9.17) is 9.15 Å². The van der Waals surface area contributed by atoms with Crippen molar-refractivity contribution in [2.24, 2.45) is 0 Å². The number of fused-ring (bicyclic) bond motifs is 3. The second-order valence-electron chi connectivity index (χ2n) is 7.80. The molecule has 7 nitrogen and oxygen atoms in total. The molecule has 2 aromatic heterocycles. The number of rotatable bonds is 7. The third-order valence-corrected chi connectivity index (χ3v) is 6.34. The standard InChI is InChI=1S/C24H27N3O4S/c1-4-30-20-12-21-18(16-7-5-6-8-19(16)31-21)11-17(20)14(2)9-23(29)27-24-26-15(13-32-24)10-22(28)25-3/h9,11-13H,4-8,10H2,1-3H3,(H,25,28)(H,26,27,29)/b14-9+. The highest BCUT2D eigenvalue weighted by atomic mass is 32.1. The molecule has 0 unspecified atom stereocenters. The molecule has 0 saturated carbocycles. The largest absolute Gasteiger partial charge is 0.493 e. The van der Waals surface area contributed by atoms with Crippen LogP contribution in [-0.2, 0) is 28.9 Å². The molecule has 0 bridgehead atoms. The van der Waals surface area contributed by atoms with E-state index >= 15 is 0 Å². The number of thiazole rings is 1. The van der Waals surface area contributed by atoms with E-state index < -0.39 is 0 Å². The van der Waals surface area contributed by atoms with Gasteiger partial charge < -0.3 is 14.5 Å². The first-order valence-electron chi connectivity index (χ1n) is 10.8. The van der Waals surface area contributed by atoms with Crippen LogP contribution in [0.15, 0.2) is 28.0 Å². The zero-order chi connectivity index (χ0) is 22.7. The number of hydrogen-bond donors (Lipinski definition) is 2. The highest BCUT2D eigenvalue weighted by Crippen LogP contribution is 2.38. The minimum absolute atomic E-state index is 0.121. The number of aryl methyl sites for hydroxylation is 2. The van der Waals surface area contributed by atoms with Crippen LogP contribution in [0.5, 0.6) is 5.75 Å². The SMILES string of the molecule is CCOc1cc2oc3c(c2cc1/C(C)=C/C(=O)Nc1nc(CC(=O)NC)cs1)CCCC3. The minimum Gasteiger partial charge on any atom is -0.493 e. The van der Waals surface area contributed by atoms with Crippen molar-refractivity contribution >= 4 is 44.8 Å². The van der Waals surface area contributed by atoms with Crippen molar-refractivity contribution in [1.29, 1.82) is 0 Å². The Morgan fingerprint density at radius 2 is 2.09 bits per heavy atom. The molecule has 8 heteroatoms. The maximum atomic E-state index is 12.6. The van der Waals surface area contributed by atoms with Gasteiger partial charge in [0.15, 0.2) is 5.13 Å². The molecule has 4 rings (SSSR count). The number of amides is 2. The summed E-state index contributed by atoms with van der Waals surface area (Å²) in [4.78, 5) is 28.4. The summed E-state index contributed by atoms with van der Waals surface area (Å²) in [5.74, 6) is 1.38. The average Bonchev–Trinajstić information content (AvgIpc) is 3.36. The number of carbonyl (C=O) groups is 2. The summed E-state index contributed by atoms with van der Waals surface area (Å²) in [5, 5.41) is 8.68. The Kier molecular flexibility index (Phi) is 6.60. The molecule has 32 heavy (non-hydrogen) atoms. The molecule has 3 aromatic rings. The van der Waals surface area contributed by atoms with Gasteiger partial charge in [-0.15, -0.1) is 11.3 Å². The Hall–Kier alpha value is -3.13. The monoisotopic (exact) mass is 453 g/mol. The van der Waals surface area contributed by atoms with Crippen LogP contribution in [-0.4, -0.2) is 30.5 Å². The quantitative estimate of drug-likeness (QED) is 0.514. The Morgan fingerprint density at radius 1 is 1.28 bits per heavy atom. The maximum absolute atomic E-state index is 12.6. The predicted octanol–water partition coefficient (Wildman–Crippen LogP) is 4.50. The fourth-order valence-corrected chi connectivity index (χ4v) is 4.70. The van der Waals surface area contributed by atoms with Crippen LogP contribution < -0.4 is 15.4 Å². The van der Waals surface area contributed by atoms with Crippen LogP contribution in [0.2, 0.25) is 0 Å². The van der Waals surface area contributed by atoms with Crippen molar-refractivity contribution in [2.45, 2.75) is 46.0 Å². The van der Waals surface area contributed by atoms with Crippen molar-refractivity contribution in [3.05, 3.63) is 46.2 Å². The molecule has 0 aliphatic heterocycles. The molecule has 1 aliphatic rings. The van der Waals surface area contributed by atoms with Gasteiger partial charge in [-0.3, -0.25) is 14.9 Å². The lowest BCUT2D eigenvalue weighted by Crippen LogP contribution is -2.20. The molecule has 0 atom stereocenters. The molecule has 2 N–H and O–H groups in total. The Labute approximate surface area is 190 Å². The number of furan rings is 1.